The number of nitrogens with zero attached hydrogens (tertiary/aromatic N) is 1. The Morgan fingerprint density at radius 2 is 1.73 bits per heavy atom. The summed E-state index contributed by atoms with van der Waals surface area (Å²) < 4.78 is 1.10. The van der Waals surface area contributed by atoms with Crippen LogP contribution in [0.1, 0.15) is 17.5 Å². The van der Waals surface area contributed by atoms with Crippen molar-refractivity contribution in [3.63, 3.8) is 0 Å². The van der Waals surface area contributed by atoms with E-state index >= 15 is 0 Å². The molecule has 0 bridgehead atoms. The van der Waals surface area contributed by atoms with E-state index in [0.29, 0.717) is 5.92 Å². The molecule has 22 heavy (non-hydrogen) atoms. The molecule has 2 aromatic carbocycles. The SMILES string of the molecule is OC1CCN(Cc2ccccc2)CC1Cc1ccc(Br)cc1. The van der Waals surface area contributed by atoms with E-state index in [-0.39, 0.29) is 6.10 Å². The van der Waals surface area contributed by atoms with Crippen molar-refractivity contribution in [1.82, 2.24) is 4.90 Å². The van der Waals surface area contributed by atoms with Gasteiger partial charge in [0.25, 0.3) is 0 Å². The van der Waals surface area contributed by atoms with Crippen LogP contribution in [0.25, 0.3) is 0 Å². The summed E-state index contributed by atoms with van der Waals surface area (Å²) in [5.41, 5.74) is 2.65. The smallest absolute Gasteiger partial charge is 0.0596 e. The van der Waals surface area contributed by atoms with Crippen LogP contribution < -0.4 is 0 Å². The fourth-order valence-electron chi connectivity index (χ4n) is 3.20. The minimum atomic E-state index is -0.185. The summed E-state index contributed by atoms with van der Waals surface area (Å²) in [6, 6.07) is 19.0. The highest BCUT2D eigenvalue weighted by atomic mass is 79.9. The summed E-state index contributed by atoms with van der Waals surface area (Å²) in [5.74, 6) is 0.318. The number of halogens is 1. The lowest BCUT2D eigenvalue weighted by Gasteiger charge is -2.36. The van der Waals surface area contributed by atoms with Crippen molar-refractivity contribution in [2.75, 3.05) is 13.1 Å². The van der Waals surface area contributed by atoms with Gasteiger partial charge in [-0.2, -0.15) is 0 Å². The molecule has 2 nitrogen and oxygen atoms in total. The van der Waals surface area contributed by atoms with Gasteiger partial charge in [-0.1, -0.05) is 58.4 Å². The van der Waals surface area contributed by atoms with Crippen LogP contribution >= 0.6 is 15.9 Å². The molecule has 0 radical (unpaired) electrons. The number of aliphatic hydroxyl groups is 1. The van der Waals surface area contributed by atoms with Gasteiger partial charge >= 0.3 is 0 Å². The highest BCUT2D eigenvalue weighted by Gasteiger charge is 2.27. The van der Waals surface area contributed by atoms with Crippen LogP contribution in [-0.2, 0) is 13.0 Å². The zero-order valence-corrected chi connectivity index (χ0v) is 14.2. The number of likely N-dealkylation sites (tertiary alicyclic amines) is 1. The third-order valence-corrected chi connectivity index (χ3v) is 4.97. The predicted octanol–water partition coefficient (Wildman–Crippen LogP) is 3.87. The van der Waals surface area contributed by atoms with Crippen molar-refractivity contribution in [3.8, 4) is 0 Å². The number of piperidine rings is 1. The summed E-state index contributed by atoms with van der Waals surface area (Å²) in [7, 11) is 0. The molecule has 0 spiro atoms. The van der Waals surface area contributed by atoms with E-state index in [1.807, 2.05) is 0 Å². The highest BCUT2D eigenvalue weighted by Crippen LogP contribution is 2.23. The summed E-state index contributed by atoms with van der Waals surface area (Å²) in [4.78, 5) is 2.46. The topological polar surface area (TPSA) is 23.5 Å². The maximum absolute atomic E-state index is 10.3. The first-order valence-electron chi connectivity index (χ1n) is 7.89. The first kappa shape index (κ1) is 15.7. The van der Waals surface area contributed by atoms with Gasteiger partial charge in [0.05, 0.1) is 6.10 Å². The maximum Gasteiger partial charge on any atom is 0.0596 e. The zero-order valence-electron chi connectivity index (χ0n) is 12.7. The fraction of sp³-hybridized carbons (Fsp3) is 0.368. The highest BCUT2D eigenvalue weighted by molar-refractivity contribution is 9.10. The molecular formula is C19H22BrNO. The Hall–Kier alpha value is -1.16. The van der Waals surface area contributed by atoms with Gasteiger partial charge < -0.3 is 5.11 Å². The van der Waals surface area contributed by atoms with E-state index in [1.54, 1.807) is 0 Å². The molecule has 1 saturated heterocycles. The molecule has 0 aliphatic carbocycles. The molecule has 2 unspecified atom stereocenters. The second kappa shape index (κ2) is 7.40. The van der Waals surface area contributed by atoms with E-state index in [1.165, 1.54) is 11.1 Å². The van der Waals surface area contributed by atoms with Crippen molar-refractivity contribution >= 4 is 15.9 Å². The van der Waals surface area contributed by atoms with Crippen molar-refractivity contribution in [2.45, 2.75) is 25.5 Å². The molecular weight excluding hydrogens is 338 g/mol. The summed E-state index contributed by atoms with van der Waals surface area (Å²) in [5, 5.41) is 10.3. The van der Waals surface area contributed by atoms with Crippen LogP contribution in [0.4, 0.5) is 0 Å². The van der Waals surface area contributed by atoms with Crippen molar-refractivity contribution in [1.29, 1.82) is 0 Å². The van der Waals surface area contributed by atoms with E-state index in [4.69, 9.17) is 0 Å². The molecule has 3 heteroatoms. The molecule has 2 atom stereocenters. The predicted molar refractivity (Wildman–Crippen MR) is 93.7 cm³/mol. The quantitative estimate of drug-likeness (QED) is 0.895. The van der Waals surface area contributed by atoms with Gasteiger partial charge in [-0.3, -0.25) is 4.90 Å². The van der Waals surface area contributed by atoms with Crippen LogP contribution in [0.15, 0.2) is 59.1 Å². The van der Waals surface area contributed by atoms with Crippen LogP contribution in [0, 0.1) is 5.92 Å². The number of benzene rings is 2. The lowest BCUT2D eigenvalue weighted by Crippen LogP contribution is -2.43. The average Bonchev–Trinajstić information content (AvgIpc) is 2.54. The van der Waals surface area contributed by atoms with Crippen LogP contribution in [-0.4, -0.2) is 29.2 Å². The standard InChI is InChI=1S/C19H22BrNO/c20-18-8-6-15(7-9-18)12-17-14-21(11-10-19(17)22)13-16-4-2-1-3-5-16/h1-9,17,19,22H,10-14H2. The van der Waals surface area contributed by atoms with E-state index in [0.717, 1.165) is 36.9 Å². The lowest BCUT2D eigenvalue weighted by atomic mass is 9.88. The zero-order chi connectivity index (χ0) is 15.4. The summed E-state index contributed by atoms with van der Waals surface area (Å²) >= 11 is 3.47. The molecule has 1 aliphatic heterocycles. The molecule has 0 saturated carbocycles. The minimum Gasteiger partial charge on any atom is -0.393 e. The second-order valence-electron chi connectivity index (χ2n) is 6.17. The average molecular weight is 360 g/mol. The summed E-state index contributed by atoms with van der Waals surface area (Å²) in [6.07, 6.45) is 1.63. The number of aliphatic hydroxyl groups excluding tert-OH is 1. The van der Waals surface area contributed by atoms with Crippen molar-refractivity contribution < 1.29 is 5.11 Å². The Kier molecular flexibility index (Phi) is 5.29. The molecule has 116 valence electrons. The van der Waals surface area contributed by atoms with Crippen LogP contribution in [0.5, 0.6) is 0 Å². The van der Waals surface area contributed by atoms with Crippen LogP contribution in [0.2, 0.25) is 0 Å². The molecule has 1 fully saturated rings. The Morgan fingerprint density at radius 3 is 2.45 bits per heavy atom. The van der Waals surface area contributed by atoms with Crippen molar-refractivity contribution in [3.05, 3.63) is 70.2 Å². The number of hydrogen-bond donors (Lipinski definition) is 1. The summed E-state index contributed by atoms with van der Waals surface area (Å²) in [6.45, 7) is 2.92. The first-order valence-corrected chi connectivity index (χ1v) is 8.69. The van der Waals surface area contributed by atoms with Gasteiger partial charge in [0, 0.05) is 30.0 Å². The molecule has 1 N–H and O–H groups in total. The Labute approximate surface area is 140 Å². The molecule has 0 amide bonds. The Morgan fingerprint density at radius 1 is 1.00 bits per heavy atom. The van der Waals surface area contributed by atoms with E-state index in [9.17, 15) is 5.11 Å². The molecule has 2 aromatic rings. The molecule has 3 rings (SSSR count). The second-order valence-corrected chi connectivity index (χ2v) is 7.08. The molecule has 0 aromatic heterocycles. The number of rotatable bonds is 4. The largest absolute Gasteiger partial charge is 0.393 e. The molecule has 1 heterocycles. The Bertz CT molecular complexity index is 584. The maximum atomic E-state index is 10.3. The lowest BCUT2D eigenvalue weighted by molar-refractivity contribution is 0.0239. The minimum absolute atomic E-state index is 0.185. The van der Waals surface area contributed by atoms with Gasteiger partial charge in [0.2, 0.25) is 0 Å². The fourth-order valence-corrected chi connectivity index (χ4v) is 3.47. The normalized spacial score (nSPS) is 22.6. The van der Waals surface area contributed by atoms with Gasteiger partial charge in [-0.25, -0.2) is 0 Å². The third-order valence-electron chi connectivity index (χ3n) is 4.44. The van der Waals surface area contributed by atoms with Crippen molar-refractivity contribution in [2.24, 2.45) is 5.92 Å². The van der Waals surface area contributed by atoms with Crippen LogP contribution in [0.3, 0.4) is 0 Å². The van der Waals surface area contributed by atoms with Gasteiger partial charge in [-0.15, -0.1) is 0 Å². The molecule has 1 aliphatic rings. The van der Waals surface area contributed by atoms with E-state index < -0.39 is 0 Å². The van der Waals surface area contributed by atoms with Gasteiger partial charge in [-0.05, 0) is 36.1 Å². The Balaban J connectivity index is 1.62. The van der Waals surface area contributed by atoms with Gasteiger partial charge in [0.1, 0.15) is 0 Å². The third kappa shape index (κ3) is 4.19. The van der Waals surface area contributed by atoms with E-state index in [2.05, 4.69) is 75.4 Å². The van der Waals surface area contributed by atoms with Gasteiger partial charge in [0.15, 0.2) is 0 Å². The monoisotopic (exact) mass is 359 g/mol. The first-order chi connectivity index (χ1) is 10.7. The number of hydrogen-bond acceptors (Lipinski definition) is 2.